The number of aromatic nitrogens is 4. The fourth-order valence-corrected chi connectivity index (χ4v) is 4.65. The molecule has 0 bridgehead atoms. The second-order valence-electron chi connectivity index (χ2n) is 8.19. The summed E-state index contributed by atoms with van der Waals surface area (Å²) < 4.78 is 23.5. The van der Waals surface area contributed by atoms with Gasteiger partial charge in [0.15, 0.2) is 11.6 Å². The van der Waals surface area contributed by atoms with Crippen molar-refractivity contribution in [2.24, 2.45) is 13.0 Å². The lowest BCUT2D eigenvalue weighted by atomic mass is 10.1. The van der Waals surface area contributed by atoms with Crippen molar-refractivity contribution in [1.29, 1.82) is 0 Å². The van der Waals surface area contributed by atoms with Gasteiger partial charge in [0.2, 0.25) is 11.8 Å². The Kier molecular flexibility index (Phi) is 6.60. The summed E-state index contributed by atoms with van der Waals surface area (Å²) in [7, 11) is 1.90. The molecular formula is C26H21FN6O3S. The molecule has 4 heterocycles. The first-order valence-corrected chi connectivity index (χ1v) is 12.1. The zero-order valence-corrected chi connectivity index (χ0v) is 20.6. The summed E-state index contributed by atoms with van der Waals surface area (Å²) in [6.45, 7) is 1.46. The maximum Gasteiger partial charge on any atom is 0.236 e. The largest absolute Gasteiger partial charge is 0.453 e. The van der Waals surface area contributed by atoms with E-state index in [2.05, 4.69) is 25.6 Å². The quantitative estimate of drug-likeness (QED) is 0.286. The number of fused-ring (bicyclic) bond motifs is 1. The molecule has 0 saturated carbocycles. The monoisotopic (exact) mass is 516 g/mol. The van der Waals surface area contributed by atoms with Crippen molar-refractivity contribution in [3.05, 3.63) is 79.3 Å². The minimum absolute atomic E-state index is 0.0141. The van der Waals surface area contributed by atoms with Crippen LogP contribution in [0.4, 0.5) is 15.8 Å². The standard InChI is InChI=1S/C26H21FN6O3S/c1-15(26(35)32-17-4-3-8-28-14-17)25(34)31-16-5-6-20(18(27)12-16)36-21-7-9-29-19-13-22(37-23(19)21)24-30-10-11-33(24)2/h3-15H,1-2H3,(H,31,34)(H,32,35). The Morgan fingerprint density at radius 2 is 1.81 bits per heavy atom. The third-order valence-corrected chi connectivity index (χ3v) is 6.69. The molecule has 11 heteroatoms. The second-order valence-corrected chi connectivity index (χ2v) is 9.24. The van der Waals surface area contributed by atoms with Gasteiger partial charge in [-0.3, -0.25) is 19.6 Å². The molecule has 0 aliphatic carbocycles. The molecule has 0 saturated heterocycles. The summed E-state index contributed by atoms with van der Waals surface area (Å²) in [6.07, 6.45) is 8.22. The number of rotatable bonds is 7. The SMILES string of the molecule is CC(C(=O)Nc1cccnc1)C(=O)Nc1ccc(Oc2ccnc3cc(-c4nccn4C)sc23)c(F)c1. The fourth-order valence-electron chi connectivity index (χ4n) is 3.55. The normalized spacial score (nSPS) is 11.8. The molecule has 5 aromatic rings. The number of carbonyl (C=O) groups is 2. The van der Waals surface area contributed by atoms with Crippen LogP contribution in [0.2, 0.25) is 0 Å². The third-order valence-electron chi connectivity index (χ3n) is 5.55. The van der Waals surface area contributed by atoms with Gasteiger partial charge in [0.1, 0.15) is 17.5 Å². The molecule has 0 aliphatic rings. The van der Waals surface area contributed by atoms with E-state index in [1.807, 2.05) is 23.9 Å². The van der Waals surface area contributed by atoms with E-state index in [-0.39, 0.29) is 11.4 Å². The minimum Gasteiger partial charge on any atom is -0.453 e. The highest BCUT2D eigenvalue weighted by atomic mass is 32.1. The zero-order valence-electron chi connectivity index (χ0n) is 19.8. The first-order chi connectivity index (χ1) is 17.9. The van der Waals surface area contributed by atoms with Crippen LogP contribution < -0.4 is 15.4 Å². The van der Waals surface area contributed by atoms with Crippen LogP contribution in [-0.2, 0) is 16.6 Å². The predicted molar refractivity (Wildman–Crippen MR) is 139 cm³/mol. The molecule has 9 nitrogen and oxygen atoms in total. The number of nitrogens with zero attached hydrogens (tertiary/aromatic N) is 4. The number of carbonyl (C=O) groups excluding carboxylic acids is 2. The molecule has 1 aromatic carbocycles. The molecule has 4 aromatic heterocycles. The lowest BCUT2D eigenvalue weighted by molar-refractivity contribution is -0.128. The number of anilines is 2. The lowest BCUT2D eigenvalue weighted by Gasteiger charge is -2.13. The van der Waals surface area contributed by atoms with Crippen molar-refractivity contribution in [3.8, 4) is 22.2 Å². The highest BCUT2D eigenvalue weighted by molar-refractivity contribution is 7.22. The Bertz CT molecular complexity index is 1600. The van der Waals surface area contributed by atoms with Crippen molar-refractivity contribution >= 4 is 44.7 Å². The summed E-state index contributed by atoms with van der Waals surface area (Å²) in [4.78, 5) is 38.5. The molecule has 1 atom stereocenters. The first kappa shape index (κ1) is 24.1. The lowest BCUT2D eigenvalue weighted by Crippen LogP contribution is -2.31. The summed E-state index contributed by atoms with van der Waals surface area (Å²) in [6, 6.07) is 11.0. The number of pyridine rings is 2. The first-order valence-electron chi connectivity index (χ1n) is 11.2. The molecule has 5 rings (SSSR count). The van der Waals surface area contributed by atoms with Gasteiger partial charge >= 0.3 is 0 Å². The minimum atomic E-state index is -1.02. The highest BCUT2D eigenvalue weighted by Gasteiger charge is 2.22. The van der Waals surface area contributed by atoms with Gasteiger partial charge in [0.05, 0.1) is 27.0 Å². The van der Waals surface area contributed by atoms with Gasteiger partial charge in [0, 0.05) is 49.7 Å². The van der Waals surface area contributed by atoms with E-state index >= 15 is 0 Å². The highest BCUT2D eigenvalue weighted by Crippen LogP contribution is 2.39. The predicted octanol–water partition coefficient (Wildman–Crippen LogP) is 5.24. The van der Waals surface area contributed by atoms with E-state index in [0.717, 1.165) is 21.5 Å². The van der Waals surface area contributed by atoms with E-state index in [0.29, 0.717) is 17.0 Å². The number of aryl methyl sites for hydroxylation is 1. The van der Waals surface area contributed by atoms with Crippen LogP contribution in [0.3, 0.4) is 0 Å². The molecule has 1 unspecified atom stereocenters. The van der Waals surface area contributed by atoms with Gasteiger partial charge in [0.25, 0.3) is 0 Å². The van der Waals surface area contributed by atoms with E-state index in [1.54, 1.807) is 36.8 Å². The third kappa shape index (κ3) is 5.16. The van der Waals surface area contributed by atoms with Gasteiger partial charge < -0.3 is 19.9 Å². The molecule has 37 heavy (non-hydrogen) atoms. The van der Waals surface area contributed by atoms with Gasteiger partial charge in [-0.15, -0.1) is 11.3 Å². The van der Waals surface area contributed by atoms with E-state index in [1.165, 1.54) is 36.6 Å². The summed E-state index contributed by atoms with van der Waals surface area (Å²) in [5.74, 6) is -1.54. The molecule has 0 radical (unpaired) electrons. The van der Waals surface area contributed by atoms with Crippen molar-refractivity contribution in [2.75, 3.05) is 10.6 Å². The van der Waals surface area contributed by atoms with Crippen LogP contribution in [0, 0.1) is 11.7 Å². The van der Waals surface area contributed by atoms with E-state index < -0.39 is 23.5 Å². The molecule has 0 aliphatic heterocycles. The number of hydrogen-bond acceptors (Lipinski definition) is 7. The Balaban J connectivity index is 1.29. The average molecular weight is 517 g/mol. The summed E-state index contributed by atoms with van der Waals surface area (Å²) in [5, 5.41) is 5.18. The Morgan fingerprint density at radius 1 is 1.00 bits per heavy atom. The fraction of sp³-hybridized carbons (Fsp3) is 0.115. The van der Waals surface area contributed by atoms with Crippen LogP contribution in [0.15, 0.2) is 73.4 Å². The van der Waals surface area contributed by atoms with Gasteiger partial charge in [-0.1, -0.05) is 0 Å². The zero-order chi connectivity index (χ0) is 25.9. The summed E-state index contributed by atoms with van der Waals surface area (Å²) in [5.41, 5.74) is 1.38. The van der Waals surface area contributed by atoms with Gasteiger partial charge in [-0.25, -0.2) is 9.37 Å². The molecule has 0 fully saturated rings. The number of ether oxygens (including phenoxy) is 1. The van der Waals surface area contributed by atoms with E-state index in [4.69, 9.17) is 4.74 Å². The van der Waals surface area contributed by atoms with Crippen molar-refractivity contribution < 1.29 is 18.7 Å². The maximum absolute atomic E-state index is 14.9. The van der Waals surface area contributed by atoms with Crippen LogP contribution in [0.1, 0.15) is 6.92 Å². The number of amides is 2. The maximum atomic E-state index is 14.9. The molecule has 186 valence electrons. The number of halogens is 1. The van der Waals surface area contributed by atoms with Crippen LogP contribution in [-0.4, -0.2) is 31.3 Å². The second kappa shape index (κ2) is 10.2. The summed E-state index contributed by atoms with van der Waals surface area (Å²) >= 11 is 1.45. The smallest absolute Gasteiger partial charge is 0.236 e. The Hall–Kier alpha value is -4.64. The van der Waals surface area contributed by atoms with Gasteiger partial charge in [-0.2, -0.15) is 0 Å². The van der Waals surface area contributed by atoms with Crippen LogP contribution >= 0.6 is 11.3 Å². The van der Waals surface area contributed by atoms with Crippen molar-refractivity contribution in [1.82, 2.24) is 19.5 Å². The number of imidazole rings is 1. The number of benzene rings is 1. The molecule has 2 N–H and O–H groups in total. The Morgan fingerprint density at radius 3 is 2.51 bits per heavy atom. The van der Waals surface area contributed by atoms with Crippen molar-refractivity contribution in [2.45, 2.75) is 6.92 Å². The van der Waals surface area contributed by atoms with Crippen LogP contribution in [0.25, 0.3) is 20.9 Å². The molecular weight excluding hydrogens is 495 g/mol. The number of thiophene rings is 1. The van der Waals surface area contributed by atoms with Crippen LogP contribution in [0.5, 0.6) is 11.5 Å². The Labute approximate surface area is 215 Å². The topological polar surface area (TPSA) is 111 Å². The average Bonchev–Trinajstić information content (AvgIpc) is 3.52. The van der Waals surface area contributed by atoms with Gasteiger partial charge in [-0.05, 0) is 37.3 Å². The van der Waals surface area contributed by atoms with E-state index in [9.17, 15) is 14.0 Å². The molecule has 2 amide bonds. The molecule has 0 spiro atoms. The number of hydrogen-bond donors (Lipinski definition) is 2. The number of nitrogens with one attached hydrogen (secondary N) is 2. The van der Waals surface area contributed by atoms with Crippen molar-refractivity contribution in [3.63, 3.8) is 0 Å².